The Hall–Kier alpha value is -1.67. The number of fused-ring (bicyclic) bond motifs is 1. The van der Waals surface area contributed by atoms with Gasteiger partial charge >= 0.3 is 0 Å². The minimum Gasteiger partial charge on any atom is -0.394 e. The number of aliphatic hydroxyl groups excluding tert-OH is 1. The minimum atomic E-state index is -1.01. The zero-order valence-electron chi connectivity index (χ0n) is 18.0. The maximum absolute atomic E-state index is 13.5. The van der Waals surface area contributed by atoms with Crippen LogP contribution in [0.25, 0.3) is 0 Å². The number of unbranched alkanes of at least 4 members (excludes halogenated alkanes) is 1. The van der Waals surface area contributed by atoms with E-state index in [0.29, 0.717) is 25.9 Å². The molecule has 0 aromatic carbocycles. The molecule has 2 bridgehead atoms. The second-order valence-corrected chi connectivity index (χ2v) is 8.94. The second kappa shape index (κ2) is 8.22. The van der Waals surface area contributed by atoms with E-state index in [1.54, 1.807) is 6.92 Å². The quantitative estimate of drug-likeness (QED) is 0.483. The minimum absolute atomic E-state index is 0.182. The topological polar surface area (TPSA) is 108 Å². The van der Waals surface area contributed by atoms with E-state index in [2.05, 4.69) is 10.6 Å². The molecule has 8 heteroatoms. The second-order valence-electron chi connectivity index (χ2n) is 8.94. The summed E-state index contributed by atoms with van der Waals surface area (Å²) in [5.74, 6) is -2.03. The molecule has 3 aliphatic rings. The molecule has 0 saturated carbocycles. The maximum Gasteiger partial charge on any atom is 0.245 e. The van der Waals surface area contributed by atoms with Crippen LogP contribution in [0.3, 0.4) is 0 Å². The number of hydrogen-bond donors (Lipinski definition) is 3. The van der Waals surface area contributed by atoms with Gasteiger partial charge in [0.25, 0.3) is 0 Å². The number of carbonyl (C=O) groups excluding carboxylic acids is 3. The Morgan fingerprint density at radius 1 is 1.21 bits per heavy atom. The van der Waals surface area contributed by atoms with Crippen LogP contribution in [0, 0.1) is 11.8 Å². The fourth-order valence-electron chi connectivity index (χ4n) is 5.47. The van der Waals surface area contributed by atoms with Crippen LogP contribution >= 0.6 is 0 Å². The SMILES string of the molecule is CCCCNC(=O)C1N([C@H](C)CO)C(=O)[C@@H]2[C@@H](C(=O)NCCC)[C@@]3(C)CCC12O3. The molecule has 29 heavy (non-hydrogen) atoms. The van der Waals surface area contributed by atoms with Gasteiger partial charge in [0.15, 0.2) is 0 Å². The van der Waals surface area contributed by atoms with Crippen LogP contribution < -0.4 is 10.6 Å². The van der Waals surface area contributed by atoms with Crippen molar-refractivity contribution in [1.29, 1.82) is 0 Å². The molecule has 0 aromatic rings. The average Bonchev–Trinajstić information content (AvgIpc) is 3.26. The van der Waals surface area contributed by atoms with Crippen LogP contribution in [-0.4, -0.2) is 70.7 Å². The van der Waals surface area contributed by atoms with E-state index in [0.717, 1.165) is 19.3 Å². The third kappa shape index (κ3) is 3.34. The van der Waals surface area contributed by atoms with Gasteiger partial charge < -0.3 is 25.4 Å². The summed E-state index contributed by atoms with van der Waals surface area (Å²) in [6.45, 7) is 8.44. The van der Waals surface area contributed by atoms with Crippen molar-refractivity contribution in [2.45, 2.75) is 83.1 Å². The molecule has 164 valence electrons. The van der Waals surface area contributed by atoms with Crippen molar-refractivity contribution in [2.75, 3.05) is 19.7 Å². The van der Waals surface area contributed by atoms with Crippen molar-refractivity contribution in [3.8, 4) is 0 Å². The number of ether oxygens (including phenoxy) is 1. The Morgan fingerprint density at radius 3 is 2.52 bits per heavy atom. The molecule has 3 heterocycles. The first kappa shape index (κ1) is 22.0. The summed E-state index contributed by atoms with van der Waals surface area (Å²) in [7, 11) is 0. The lowest BCUT2D eigenvalue weighted by Crippen LogP contribution is -2.57. The average molecular weight is 410 g/mol. The number of likely N-dealkylation sites (tertiary alicyclic amines) is 1. The summed E-state index contributed by atoms with van der Waals surface area (Å²) in [4.78, 5) is 41.2. The molecule has 6 atom stereocenters. The summed E-state index contributed by atoms with van der Waals surface area (Å²) in [6, 6.07) is -1.36. The van der Waals surface area contributed by atoms with Crippen molar-refractivity contribution >= 4 is 17.7 Å². The lowest BCUT2D eigenvalue weighted by atomic mass is 9.66. The molecule has 0 radical (unpaired) electrons. The van der Waals surface area contributed by atoms with E-state index < -0.39 is 35.1 Å². The first-order valence-corrected chi connectivity index (χ1v) is 11.0. The van der Waals surface area contributed by atoms with Crippen LogP contribution in [0.5, 0.6) is 0 Å². The van der Waals surface area contributed by atoms with E-state index in [-0.39, 0.29) is 24.3 Å². The molecule has 0 aliphatic carbocycles. The first-order chi connectivity index (χ1) is 13.8. The highest BCUT2D eigenvalue weighted by molar-refractivity contribution is 5.99. The van der Waals surface area contributed by atoms with Crippen LogP contribution in [0.1, 0.15) is 59.8 Å². The monoisotopic (exact) mass is 409 g/mol. The number of amides is 3. The van der Waals surface area contributed by atoms with E-state index in [1.165, 1.54) is 4.90 Å². The zero-order chi connectivity index (χ0) is 21.4. The Labute approximate surface area is 172 Å². The zero-order valence-corrected chi connectivity index (χ0v) is 18.0. The van der Waals surface area contributed by atoms with E-state index >= 15 is 0 Å². The Bertz CT molecular complexity index is 671. The van der Waals surface area contributed by atoms with E-state index in [9.17, 15) is 19.5 Å². The molecule has 1 spiro atoms. The molecule has 0 aromatic heterocycles. The highest BCUT2D eigenvalue weighted by atomic mass is 16.5. The van der Waals surface area contributed by atoms with Gasteiger partial charge in [-0.15, -0.1) is 0 Å². The Kier molecular flexibility index (Phi) is 6.24. The van der Waals surface area contributed by atoms with Crippen molar-refractivity contribution in [3.05, 3.63) is 0 Å². The van der Waals surface area contributed by atoms with Crippen LogP contribution in [0.4, 0.5) is 0 Å². The Morgan fingerprint density at radius 2 is 1.90 bits per heavy atom. The molecule has 3 fully saturated rings. The number of nitrogens with one attached hydrogen (secondary N) is 2. The molecular weight excluding hydrogens is 374 g/mol. The van der Waals surface area contributed by atoms with Gasteiger partial charge in [-0.3, -0.25) is 14.4 Å². The fourth-order valence-corrected chi connectivity index (χ4v) is 5.47. The van der Waals surface area contributed by atoms with Crippen LogP contribution in [0.15, 0.2) is 0 Å². The van der Waals surface area contributed by atoms with Gasteiger partial charge in [0.2, 0.25) is 17.7 Å². The third-order valence-corrected chi connectivity index (χ3v) is 6.86. The van der Waals surface area contributed by atoms with Crippen molar-refractivity contribution < 1.29 is 24.2 Å². The molecule has 3 amide bonds. The maximum atomic E-state index is 13.5. The normalized spacial score (nSPS) is 36.2. The van der Waals surface area contributed by atoms with Gasteiger partial charge in [-0.1, -0.05) is 20.3 Å². The van der Waals surface area contributed by atoms with Gasteiger partial charge in [0.1, 0.15) is 11.6 Å². The summed E-state index contributed by atoms with van der Waals surface area (Å²) in [5.41, 5.74) is -1.77. The third-order valence-electron chi connectivity index (χ3n) is 6.86. The molecular formula is C21H35N3O5. The van der Waals surface area contributed by atoms with Crippen molar-refractivity contribution in [1.82, 2.24) is 15.5 Å². The van der Waals surface area contributed by atoms with Crippen LogP contribution in [0.2, 0.25) is 0 Å². The molecule has 2 unspecified atom stereocenters. The molecule has 3 aliphatic heterocycles. The lowest BCUT2D eigenvalue weighted by Gasteiger charge is -2.35. The van der Waals surface area contributed by atoms with Crippen molar-refractivity contribution in [2.24, 2.45) is 11.8 Å². The van der Waals surface area contributed by atoms with Gasteiger partial charge in [0.05, 0.1) is 30.1 Å². The molecule has 3 rings (SSSR count). The molecule has 3 N–H and O–H groups in total. The number of carbonyl (C=O) groups is 3. The number of hydrogen-bond acceptors (Lipinski definition) is 5. The fraction of sp³-hybridized carbons (Fsp3) is 0.857. The predicted molar refractivity (Wildman–Crippen MR) is 107 cm³/mol. The molecule has 8 nitrogen and oxygen atoms in total. The predicted octanol–water partition coefficient (Wildman–Crippen LogP) is 0.574. The van der Waals surface area contributed by atoms with Gasteiger partial charge in [0, 0.05) is 13.1 Å². The van der Waals surface area contributed by atoms with Gasteiger partial charge in [-0.05, 0) is 39.5 Å². The highest BCUT2D eigenvalue weighted by Gasteiger charge is 2.78. The smallest absolute Gasteiger partial charge is 0.245 e. The number of aliphatic hydroxyl groups is 1. The van der Waals surface area contributed by atoms with E-state index in [1.807, 2.05) is 20.8 Å². The summed E-state index contributed by atoms with van der Waals surface area (Å²) in [5, 5.41) is 15.6. The van der Waals surface area contributed by atoms with Crippen LogP contribution in [-0.2, 0) is 19.1 Å². The largest absolute Gasteiger partial charge is 0.394 e. The summed E-state index contributed by atoms with van der Waals surface area (Å²) in [6.07, 6.45) is 3.77. The van der Waals surface area contributed by atoms with E-state index in [4.69, 9.17) is 4.74 Å². The highest BCUT2D eigenvalue weighted by Crippen LogP contribution is 2.63. The lowest BCUT2D eigenvalue weighted by molar-refractivity contribution is -0.149. The first-order valence-electron chi connectivity index (χ1n) is 11.0. The number of nitrogens with zero attached hydrogens (tertiary/aromatic N) is 1. The molecule has 3 saturated heterocycles. The number of rotatable bonds is 9. The Balaban J connectivity index is 1.98. The van der Waals surface area contributed by atoms with Gasteiger partial charge in [-0.25, -0.2) is 0 Å². The van der Waals surface area contributed by atoms with Gasteiger partial charge in [-0.2, -0.15) is 0 Å². The summed E-state index contributed by atoms with van der Waals surface area (Å²) >= 11 is 0. The van der Waals surface area contributed by atoms with Crippen molar-refractivity contribution in [3.63, 3.8) is 0 Å². The summed E-state index contributed by atoms with van der Waals surface area (Å²) < 4.78 is 6.45. The standard InChI is InChI=1S/C21H35N3O5/c1-5-7-11-23-18(27)16-21-9-8-20(4,29-21)14(17(26)22-10-6-2)15(21)19(28)24(16)13(3)12-25/h13-16,25H,5-12H2,1-4H3,(H,22,26)(H,23,27)/t13-,14+,15+,16?,20-,21?/m1/s1.